The molecule has 0 heterocycles. The average Bonchev–Trinajstić information content (AvgIpc) is 2.86. The van der Waals surface area contributed by atoms with Gasteiger partial charge in [-0.25, -0.2) is 0 Å². The summed E-state index contributed by atoms with van der Waals surface area (Å²) in [7, 11) is 1.72. The minimum atomic E-state index is 0.0626. The van der Waals surface area contributed by atoms with E-state index in [1.165, 1.54) is 0 Å². The highest BCUT2D eigenvalue weighted by Gasteiger charge is 2.06. The van der Waals surface area contributed by atoms with Crippen molar-refractivity contribution in [3.8, 4) is 0 Å². The molecule has 0 aromatic carbocycles. The molecule has 0 aliphatic carbocycles. The summed E-state index contributed by atoms with van der Waals surface area (Å²) in [5.41, 5.74) is 0. The van der Waals surface area contributed by atoms with Crippen molar-refractivity contribution in [1.82, 2.24) is 9.80 Å². The minimum absolute atomic E-state index is 0.0626. The SMILES string of the molecule is CCOCCN(CCCOCOCCOCCCN(CCCOC)CCOCCO)CCOCC. The molecule has 10 nitrogen and oxygen atoms in total. The van der Waals surface area contributed by atoms with E-state index < -0.39 is 0 Å². The van der Waals surface area contributed by atoms with Crippen molar-refractivity contribution in [1.29, 1.82) is 0 Å². The standard InChI is InChI=1S/C25H54N2O8/c1-4-30-19-12-27(13-20-31-5-2)11-8-18-34-25-35-24-23-32-17-7-10-26(9-6-16-29-3)14-21-33-22-15-28/h28H,4-25H2,1-3H3. The van der Waals surface area contributed by atoms with Crippen molar-refractivity contribution >= 4 is 0 Å². The third-order valence-electron chi connectivity index (χ3n) is 5.19. The van der Waals surface area contributed by atoms with Crippen LogP contribution in [0.4, 0.5) is 0 Å². The summed E-state index contributed by atoms with van der Waals surface area (Å²) >= 11 is 0. The molecule has 0 spiro atoms. The van der Waals surface area contributed by atoms with Crippen LogP contribution in [0.5, 0.6) is 0 Å². The molecule has 0 fully saturated rings. The van der Waals surface area contributed by atoms with Crippen molar-refractivity contribution in [3.05, 3.63) is 0 Å². The zero-order valence-corrected chi connectivity index (χ0v) is 22.8. The summed E-state index contributed by atoms with van der Waals surface area (Å²) in [5.74, 6) is 0. The van der Waals surface area contributed by atoms with Gasteiger partial charge in [-0.15, -0.1) is 0 Å². The lowest BCUT2D eigenvalue weighted by atomic mass is 10.3. The Kier molecular flexibility index (Phi) is 29.5. The lowest BCUT2D eigenvalue weighted by Gasteiger charge is -2.22. The lowest BCUT2D eigenvalue weighted by molar-refractivity contribution is -0.0713. The molecule has 35 heavy (non-hydrogen) atoms. The first-order valence-corrected chi connectivity index (χ1v) is 13.3. The van der Waals surface area contributed by atoms with Gasteiger partial charge in [0.05, 0.1) is 52.9 Å². The fraction of sp³-hybridized carbons (Fsp3) is 1.00. The topological polar surface area (TPSA) is 91.3 Å². The van der Waals surface area contributed by atoms with E-state index in [4.69, 9.17) is 38.3 Å². The second-order valence-corrected chi connectivity index (χ2v) is 8.01. The van der Waals surface area contributed by atoms with Crippen LogP contribution in [0, 0.1) is 0 Å². The minimum Gasteiger partial charge on any atom is -0.394 e. The Labute approximate surface area is 214 Å². The number of nitrogens with zero attached hydrogens (tertiary/aromatic N) is 2. The Hall–Kier alpha value is -0.400. The molecule has 0 radical (unpaired) electrons. The summed E-state index contributed by atoms with van der Waals surface area (Å²) in [4.78, 5) is 4.70. The molecule has 0 bridgehead atoms. The zero-order valence-electron chi connectivity index (χ0n) is 22.8. The maximum atomic E-state index is 8.81. The Balaban J connectivity index is 3.66. The van der Waals surface area contributed by atoms with Gasteiger partial charge in [0.2, 0.25) is 0 Å². The predicted molar refractivity (Wildman–Crippen MR) is 137 cm³/mol. The second-order valence-electron chi connectivity index (χ2n) is 8.01. The molecule has 0 rings (SSSR count). The molecule has 0 aliphatic heterocycles. The maximum Gasteiger partial charge on any atom is 0.146 e. The quantitative estimate of drug-likeness (QED) is 0.113. The van der Waals surface area contributed by atoms with E-state index in [-0.39, 0.29) is 6.61 Å². The van der Waals surface area contributed by atoms with E-state index in [1.807, 2.05) is 13.8 Å². The molecule has 0 unspecified atom stereocenters. The van der Waals surface area contributed by atoms with E-state index in [0.717, 1.165) is 91.6 Å². The summed E-state index contributed by atoms with van der Waals surface area (Å²) in [6.45, 7) is 17.2. The molecule has 0 aromatic rings. The first kappa shape index (κ1) is 34.6. The van der Waals surface area contributed by atoms with E-state index in [1.54, 1.807) is 7.11 Å². The predicted octanol–water partition coefficient (Wildman–Crippen LogP) is 1.50. The number of hydrogen-bond acceptors (Lipinski definition) is 10. The van der Waals surface area contributed by atoms with Gasteiger partial charge in [0, 0.05) is 72.8 Å². The molecule has 0 saturated carbocycles. The fourth-order valence-electron chi connectivity index (χ4n) is 3.32. The number of hydrogen-bond donors (Lipinski definition) is 1. The van der Waals surface area contributed by atoms with Crippen LogP contribution < -0.4 is 0 Å². The molecule has 0 saturated heterocycles. The van der Waals surface area contributed by atoms with Crippen LogP contribution in [0.1, 0.15) is 33.1 Å². The van der Waals surface area contributed by atoms with Gasteiger partial charge in [-0.3, -0.25) is 4.90 Å². The number of ether oxygens (including phenoxy) is 7. The van der Waals surface area contributed by atoms with Crippen LogP contribution in [0.3, 0.4) is 0 Å². The van der Waals surface area contributed by atoms with Gasteiger partial charge in [0.25, 0.3) is 0 Å². The molecule has 0 amide bonds. The molecular weight excluding hydrogens is 456 g/mol. The third kappa shape index (κ3) is 26.5. The smallest absolute Gasteiger partial charge is 0.146 e. The monoisotopic (exact) mass is 510 g/mol. The number of methoxy groups -OCH3 is 1. The van der Waals surface area contributed by atoms with Gasteiger partial charge in [-0.05, 0) is 33.1 Å². The largest absolute Gasteiger partial charge is 0.394 e. The van der Waals surface area contributed by atoms with Gasteiger partial charge in [0.15, 0.2) is 0 Å². The third-order valence-corrected chi connectivity index (χ3v) is 5.19. The first-order chi connectivity index (χ1) is 17.3. The molecule has 1 N–H and O–H groups in total. The summed E-state index contributed by atoms with van der Waals surface area (Å²) in [6, 6.07) is 0. The average molecular weight is 511 g/mol. The molecule has 0 aliphatic rings. The Morgan fingerprint density at radius 2 is 0.943 bits per heavy atom. The zero-order chi connectivity index (χ0) is 25.7. The van der Waals surface area contributed by atoms with Crippen molar-refractivity contribution < 1.29 is 38.3 Å². The van der Waals surface area contributed by atoms with Crippen LogP contribution in [0.15, 0.2) is 0 Å². The number of aliphatic hydroxyl groups excluding tert-OH is 1. The fourth-order valence-corrected chi connectivity index (χ4v) is 3.32. The highest BCUT2D eigenvalue weighted by Crippen LogP contribution is 1.97. The van der Waals surface area contributed by atoms with Gasteiger partial charge >= 0.3 is 0 Å². The van der Waals surface area contributed by atoms with Crippen LogP contribution in [0.2, 0.25) is 0 Å². The lowest BCUT2D eigenvalue weighted by Crippen LogP contribution is -2.32. The van der Waals surface area contributed by atoms with Crippen LogP contribution in [0.25, 0.3) is 0 Å². The molecule has 212 valence electrons. The van der Waals surface area contributed by atoms with Crippen LogP contribution >= 0.6 is 0 Å². The first-order valence-electron chi connectivity index (χ1n) is 13.3. The van der Waals surface area contributed by atoms with Crippen molar-refractivity contribution in [2.24, 2.45) is 0 Å². The van der Waals surface area contributed by atoms with E-state index >= 15 is 0 Å². The van der Waals surface area contributed by atoms with Gasteiger partial charge in [-0.1, -0.05) is 0 Å². The van der Waals surface area contributed by atoms with Crippen LogP contribution in [-0.2, 0) is 33.2 Å². The number of aliphatic hydroxyl groups is 1. The Morgan fingerprint density at radius 3 is 1.51 bits per heavy atom. The van der Waals surface area contributed by atoms with Crippen molar-refractivity contribution in [3.63, 3.8) is 0 Å². The molecule has 0 atom stereocenters. The maximum absolute atomic E-state index is 8.81. The second kappa shape index (κ2) is 29.8. The van der Waals surface area contributed by atoms with Crippen LogP contribution in [-0.4, -0.2) is 147 Å². The van der Waals surface area contributed by atoms with E-state index in [2.05, 4.69) is 9.80 Å². The summed E-state index contributed by atoms with van der Waals surface area (Å²) in [5, 5.41) is 8.81. The van der Waals surface area contributed by atoms with E-state index in [9.17, 15) is 0 Å². The Bertz CT molecular complexity index is 386. The normalized spacial score (nSPS) is 11.8. The van der Waals surface area contributed by atoms with Gasteiger partial charge in [-0.2, -0.15) is 0 Å². The van der Waals surface area contributed by atoms with E-state index in [0.29, 0.717) is 46.4 Å². The number of rotatable bonds is 30. The molecular formula is C25H54N2O8. The summed E-state index contributed by atoms with van der Waals surface area (Å²) in [6.07, 6.45) is 2.89. The highest BCUT2D eigenvalue weighted by molar-refractivity contribution is 4.59. The summed E-state index contributed by atoms with van der Waals surface area (Å²) < 4.78 is 38.2. The van der Waals surface area contributed by atoms with Gasteiger partial charge < -0.3 is 43.2 Å². The highest BCUT2D eigenvalue weighted by atomic mass is 16.7. The molecule has 10 heteroatoms. The van der Waals surface area contributed by atoms with Crippen molar-refractivity contribution in [2.75, 3.05) is 132 Å². The Morgan fingerprint density at radius 1 is 0.486 bits per heavy atom. The van der Waals surface area contributed by atoms with Crippen molar-refractivity contribution in [2.45, 2.75) is 33.1 Å². The molecule has 0 aromatic heterocycles. The van der Waals surface area contributed by atoms with Gasteiger partial charge in [0.1, 0.15) is 6.79 Å².